The lowest BCUT2D eigenvalue weighted by Gasteiger charge is -2.09. The average Bonchev–Trinajstić information content (AvgIpc) is 2.61. The second-order valence-corrected chi connectivity index (χ2v) is 4.41. The van der Waals surface area contributed by atoms with Crippen LogP contribution in [0, 0.1) is 10.1 Å². The van der Waals surface area contributed by atoms with Gasteiger partial charge in [0.25, 0.3) is 0 Å². The van der Waals surface area contributed by atoms with E-state index in [2.05, 4.69) is 29.6 Å². The van der Waals surface area contributed by atoms with Gasteiger partial charge in [0.1, 0.15) is 5.69 Å². The van der Waals surface area contributed by atoms with Crippen LogP contribution in [-0.4, -0.2) is 33.8 Å². The first-order chi connectivity index (χ1) is 8.47. The molecule has 1 heterocycles. The summed E-state index contributed by atoms with van der Waals surface area (Å²) in [6.45, 7) is 7.35. The predicted octanol–water partition coefficient (Wildman–Crippen LogP) is 1.30. The highest BCUT2D eigenvalue weighted by Gasteiger charge is 2.24. The number of hydrogen-bond acceptors (Lipinski definition) is 5. The molecule has 102 valence electrons. The van der Waals surface area contributed by atoms with Crippen molar-refractivity contribution in [3.63, 3.8) is 0 Å². The van der Waals surface area contributed by atoms with Crippen LogP contribution < -0.4 is 10.6 Å². The van der Waals surface area contributed by atoms with Gasteiger partial charge < -0.3 is 10.6 Å². The number of nitrogens with zero attached hydrogens (tertiary/aromatic N) is 3. The Kier molecular flexibility index (Phi) is 5.08. The maximum atomic E-state index is 11.1. The van der Waals surface area contributed by atoms with E-state index in [1.54, 1.807) is 7.05 Å². The second kappa shape index (κ2) is 6.34. The zero-order chi connectivity index (χ0) is 13.7. The van der Waals surface area contributed by atoms with Gasteiger partial charge in [-0.05, 0) is 6.42 Å². The van der Waals surface area contributed by atoms with E-state index in [1.807, 2.05) is 6.92 Å². The smallest absolute Gasteiger partial charge is 0.333 e. The van der Waals surface area contributed by atoms with Gasteiger partial charge in [0, 0.05) is 26.2 Å². The van der Waals surface area contributed by atoms with Gasteiger partial charge in [-0.3, -0.25) is 10.1 Å². The molecule has 0 aliphatic carbocycles. The Morgan fingerprint density at radius 3 is 2.61 bits per heavy atom. The first-order valence-electron chi connectivity index (χ1n) is 6.14. The van der Waals surface area contributed by atoms with Gasteiger partial charge >= 0.3 is 5.69 Å². The van der Waals surface area contributed by atoms with E-state index in [0.717, 1.165) is 6.54 Å². The van der Waals surface area contributed by atoms with Crippen molar-refractivity contribution in [2.24, 2.45) is 7.05 Å². The van der Waals surface area contributed by atoms with E-state index < -0.39 is 0 Å². The molecule has 0 radical (unpaired) electrons. The molecule has 1 aromatic rings. The molecule has 18 heavy (non-hydrogen) atoms. The Bertz CT molecular complexity index is 414. The summed E-state index contributed by atoms with van der Waals surface area (Å²) < 4.78 is 1.53. The van der Waals surface area contributed by atoms with Crippen LogP contribution in [-0.2, 0) is 13.5 Å². The topological polar surface area (TPSA) is 85.0 Å². The van der Waals surface area contributed by atoms with Gasteiger partial charge in [0.2, 0.25) is 5.82 Å². The van der Waals surface area contributed by atoms with Crippen molar-refractivity contribution in [2.45, 2.75) is 33.2 Å². The van der Waals surface area contributed by atoms with E-state index in [9.17, 15) is 10.1 Å². The molecular formula is C11H21N5O2. The molecule has 0 unspecified atom stereocenters. The molecule has 0 aliphatic heterocycles. The predicted molar refractivity (Wildman–Crippen MR) is 70.9 cm³/mol. The fourth-order valence-electron chi connectivity index (χ4n) is 1.74. The first-order valence-corrected chi connectivity index (χ1v) is 6.14. The summed E-state index contributed by atoms with van der Waals surface area (Å²) in [7, 11) is 1.71. The molecule has 0 amide bonds. The van der Waals surface area contributed by atoms with Crippen molar-refractivity contribution in [3.05, 3.63) is 15.8 Å². The Morgan fingerprint density at radius 1 is 1.44 bits per heavy atom. The highest BCUT2D eigenvalue weighted by atomic mass is 16.6. The molecule has 1 aromatic heterocycles. The quantitative estimate of drug-likeness (QED) is 0.436. The Hall–Kier alpha value is -1.63. The summed E-state index contributed by atoms with van der Waals surface area (Å²) >= 11 is 0. The van der Waals surface area contributed by atoms with Gasteiger partial charge in [-0.1, -0.05) is 20.8 Å². The van der Waals surface area contributed by atoms with Crippen LogP contribution in [0.3, 0.4) is 0 Å². The van der Waals surface area contributed by atoms with Crippen LogP contribution in [0.4, 0.5) is 11.5 Å². The summed E-state index contributed by atoms with van der Waals surface area (Å²) in [4.78, 5) is 10.7. The van der Waals surface area contributed by atoms with E-state index >= 15 is 0 Å². The number of anilines is 1. The molecule has 0 spiro atoms. The van der Waals surface area contributed by atoms with Gasteiger partial charge in [0.15, 0.2) is 0 Å². The van der Waals surface area contributed by atoms with Crippen molar-refractivity contribution in [1.29, 1.82) is 0 Å². The van der Waals surface area contributed by atoms with Crippen LogP contribution >= 0.6 is 0 Å². The number of aromatic nitrogens is 2. The normalized spacial score (nSPS) is 10.9. The second-order valence-electron chi connectivity index (χ2n) is 4.41. The molecule has 0 fully saturated rings. The fourth-order valence-corrected chi connectivity index (χ4v) is 1.74. The molecule has 0 aromatic carbocycles. The maximum Gasteiger partial charge on any atom is 0.333 e. The SMILES string of the molecule is CCc1nn(C)c(NCCNC(C)C)c1[N+](=O)[O-]. The largest absolute Gasteiger partial charge is 0.363 e. The minimum Gasteiger partial charge on any atom is -0.363 e. The summed E-state index contributed by atoms with van der Waals surface area (Å²) in [5, 5.41) is 21.5. The lowest BCUT2D eigenvalue weighted by atomic mass is 10.3. The van der Waals surface area contributed by atoms with Crippen LogP contribution in [0.15, 0.2) is 0 Å². The lowest BCUT2D eigenvalue weighted by molar-refractivity contribution is -0.384. The number of rotatable bonds is 7. The minimum atomic E-state index is -0.371. The Balaban J connectivity index is 2.75. The fraction of sp³-hybridized carbons (Fsp3) is 0.727. The third-order valence-corrected chi connectivity index (χ3v) is 2.58. The molecule has 7 heteroatoms. The van der Waals surface area contributed by atoms with E-state index in [1.165, 1.54) is 4.68 Å². The van der Waals surface area contributed by atoms with Gasteiger partial charge in [-0.25, -0.2) is 4.68 Å². The summed E-state index contributed by atoms with van der Waals surface area (Å²) in [5.41, 5.74) is 0.603. The van der Waals surface area contributed by atoms with Crippen molar-refractivity contribution < 1.29 is 4.92 Å². The van der Waals surface area contributed by atoms with Crippen LogP contribution in [0.5, 0.6) is 0 Å². The lowest BCUT2D eigenvalue weighted by Crippen LogP contribution is -2.28. The van der Waals surface area contributed by atoms with E-state index in [-0.39, 0.29) is 10.6 Å². The van der Waals surface area contributed by atoms with Crippen molar-refractivity contribution >= 4 is 11.5 Å². The highest BCUT2D eigenvalue weighted by Crippen LogP contribution is 2.27. The molecule has 7 nitrogen and oxygen atoms in total. The average molecular weight is 255 g/mol. The number of aryl methyl sites for hydroxylation is 2. The molecule has 0 saturated carbocycles. The zero-order valence-electron chi connectivity index (χ0n) is 11.4. The van der Waals surface area contributed by atoms with Gasteiger partial charge in [0.05, 0.1) is 4.92 Å². The summed E-state index contributed by atoms with van der Waals surface area (Å²) in [6.07, 6.45) is 0.552. The molecular weight excluding hydrogens is 234 g/mol. The third-order valence-electron chi connectivity index (χ3n) is 2.58. The van der Waals surface area contributed by atoms with Crippen molar-refractivity contribution in [2.75, 3.05) is 18.4 Å². The molecule has 0 bridgehead atoms. The van der Waals surface area contributed by atoms with E-state index in [4.69, 9.17) is 0 Å². The maximum absolute atomic E-state index is 11.1. The highest BCUT2D eigenvalue weighted by molar-refractivity contribution is 5.59. The molecule has 1 rings (SSSR count). The van der Waals surface area contributed by atoms with Gasteiger partial charge in [-0.2, -0.15) is 5.10 Å². The Labute approximate surface area is 107 Å². The monoisotopic (exact) mass is 255 g/mol. The zero-order valence-corrected chi connectivity index (χ0v) is 11.4. The third kappa shape index (κ3) is 3.43. The molecule has 2 N–H and O–H groups in total. The number of nitro groups is 1. The van der Waals surface area contributed by atoms with Crippen LogP contribution in [0.25, 0.3) is 0 Å². The first kappa shape index (κ1) is 14.4. The van der Waals surface area contributed by atoms with E-state index in [0.29, 0.717) is 30.5 Å². The number of hydrogen-bond donors (Lipinski definition) is 2. The minimum absolute atomic E-state index is 0.0875. The number of nitrogens with one attached hydrogen (secondary N) is 2. The Morgan fingerprint density at radius 2 is 2.11 bits per heavy atom. The van der Waals surface area contributed by atoms with Crippen LogP contribution in [0.2, 0.25) is 0 Å². The standard InChI is InChI=1S/C11H21N5O2/c1-5-9-10(16(17)18)11(15(4)14-9)13-7-6-12-8(2)3/h8,12-13H,5-7H2,1-4H3. The molecule has 0 atom stereocenters. The van der Waals surface area contributed by atoms with Crippen LogP contribution in [0.1, 0.15) is 26.5 Å². The van der Waals surface area contributed by atoms with Crippen molar-refractivity contribution in [3.8, 4) is 0 Å². The van der Waals surface area contributed by atoms with Crippen molar-refractivity contribution in [1.82, 2.24) is 15.1 Å². The summed E-state index contributed by atoms with van der Waals surface area (Å²) in [5.74, 6) is 0.474. The molecule has 0 saturated heterocycles. The summed E-state index contributed by atoms with van der Waals surface area (Å²) in [6, 6.07) is 0.402. The molecule has 0 aliphatic rings. The van der Waals surface area contributed by atoms with Gasteiger partial charge in [-0.15, -0.1) is 0 Å².